The predicted molar refractivity (Wildman–Crippen MR) is 96.2 cm³/mol. The Balaban J connectivity index is 1.65. The molecule has 0 N–H and O–H groups in total. The van der Waals surface area contributed by atoms with Gasteiger partial charge in [0.1, 0.15) is 12.0 Å². The lowest BCUT2D eigenvalue weighted by Crippen LogP contribution is -2.42. The molecule has 7 nitrogen and oxygen atoms in total. The predicted octanol–water partition coefficient (Wildman–Crippen LogP) is 2.87. The Bertz CT molecular complexity index is 759. The third-order valence-electron chi connectivity index (χ3n) is 5.94. The molecule has 0 amide bonds. The molecule has 2 aromatic rings. The summed E-state index contributed by atoms with van der Waals surface area (Å²) < 4.78 is 2.09. The van der Waals surface area contributed by atoms with Gasteiger partial charge in [-0.1, -0.05) is 19.8 Å². The van der Waals surface area contributed by atoms with E-state index in [0.717, 1.165) is 42.8 Å². The molecule has 1 saturated heterocycles. The van der Waals surface area contributed by atoms with E-state index in [9.17, 15) is 0 Å². The molecule has 1 atom stereocenters. The lowest BCUT2D eigenvalue weighted by Gasteiger charge is -2.41. The molecule has 0 bridgehead atoms. The highest BCUT2D eigenvalue weighted by molar-refractivity contribution is 5.63. The first kappa shape index (κ1) is 15.1. The van der Waals surface area contributed by atoms with Gasteiger partial charge in [-0.2, -0.15) is 4.98 Å². The van der Waals surface area contributed by atoms with Crippen molar-refractivity contribution < 1.29 is 0 Å². The maximum absolute atomic E-state index is 5.06. The molecular formula is C18H25N7. The lowest BCUT2D eigenvalue weighted by atomic mass is 10.0. The third-order valence-corrected chi connectivity index (χ3v) is 5.94. The average Bonchev–Trinajstić information content (AvgIpc) is 3.42. The Morgan fingerprint density at radius 1 is 1.12 bits per heavy atom. The average molecular weight is 339 g/mol. The topological polar surface area (TPSA) is 63.0 Å². The van der Waals surface area contributed by atoms with Crippen molar-refractivity contribution in [2.45, 2.75) is 64.0 Å². The normalized spacial score (nSPS) is 23.2. The van der Waals surface area contributed by atoms with Crippen molar-refractivity contribution in [3.8, 4) is 5.69 Å². The molecule has 7 heteroatoms. The summed E-state index contributed by atoms with van der Waals surface area (Å²) in [5.74, 6) is 2.98. The van der Waals surface area contributed by atoms with Gasteiger partial charge < -0.3 is 9.80 Å². The molecule has 1 saturated carbocycles. The molecule has 0 radical (unpaired) electrons. The molecule has 4 heterocycles. The first-order valence-electron chi connectivity index (χ1n) is 9.67. The maximum Gasteiger partial charge on any atom is 0.227 e. The maximum atomic E-state index is 5.06. The van der Waals surface area contributed by atoms with Gasteiger partial charge >= 0.3 is 0 Å². The Hall–Kier alpha value is -2.18. The summed E-state index contributed by atoms with van der Waals surface area (Å²) in [6, 6.07) is 0.801. The van der Waals surface area contributed by atoms with E-state index in [-0.39, 0.29) is 6.04 Å². The molecule has 25 heavy (non-hydrogen) atoms. The number of hydrogen-bond donors (Lipinski definition) is 0. The molecule has 2 fully saturated rings. The molecule has 132 valence electrons. The molecular weight excluding hydrogens is 314 g/mol. The van der Waals surface area contributed by atoms with Crippen molar-refractivity contribution in [3.63, 3.8) is 0 Å². The molecule has 0 spiro atoms. The van der Waals surface area contributed by atoms with Crippen LogP contribution in [0.3, 0.4) is 0 Å². The van der Waals surface area contributed by atoms with Crippen molar-refractivity contribution >= 4 is 11.8 Å². The largest absolute Gasteiger partial charge is 0.341 e. The SMILES string of the molecule is CC[C@@H]1c2nncn2-c2cnc(N3CCCC3)nc2N1C1CCCC1. The van der Waals surface area contributed by atoms with Crippen LogP contribution in [0.5, 0.6) is 0 Å². The first-order chi connectivity index (χ1) is 12.4. The highest BCUT2D eigenvalue weighted by atomic mass is 15.4. The highest BCUT2D eigenvalue weighted by Crippen LogP contribution is 2.42. The van der Waals surface area contributed by atoms with Crippen LogP contribution in [0.1, 0.15) is 63.7 Å². The van der Waals surface area contributed by atoms with Crippen molar-refractivity contribution in [2.75, 3.05) is 22.9 Å². The summed E-state index contributed by atoms with van der Waals surface area (Å²) in [6.07, 6.45) is 12.4. The first-order valence-corrected chi connectivity index (χ1v) is 9.67. The van der Waals surface area contributed by atoms with Gasteiger partial charge in [0.25, 0.3) is 0 Å². The Kier molecular flexibility index (Phi) is 3.60. The summed E-state index contributed by atoms with van der Waals surface area (Å²) in [4.78, 5) is 14.6. The zero-order chi connectivity index (χ0) is 16.8. The van der Waals surface area contributed by atoms with E-state index in [0.29, 0.717) is 6.04 Å². The van der Waals surface area contributed by atoms with Crippen LogP contribution in [0.15, 0.2) is 12.5 Å². The van der Waals surface area contributed by atoms with E-state index in [4.69, 9.17) is 4.98 Å². The van der Waals surface area contributed by atoms with Crippen LogP contribution in [0.4, 0.5) is 11.8 Å². The van der Waals surface area contributed by atoms with Crippen LogP contribution >= 0.6 is 0 Å². The summed E-state index contributed by atoms with van der Waals surface area (Å²) >= 11 is 0. The van der Waals surface area contributed by atoms with Gasteiger partial charge in [0.2, 0.25) is 5.95 Å². The summed E-state index contributed by atoms with van der Waals surface area (Å²) in [5, 5.41) is 8.62. The fraction of sp³-hybridized carbons (Fsp3) is 0.667. The second-order valence-corrected chi connectivity index (χ2v) is 7.40. The Morgan fingerprint density at radius 2 is 1.92 bits per heavy atom. The van der Waals surface area contributed by atoms with Gasteiger partial charge in [-0.05, 0) is 32.1 Å². The van der Waals surface area contributed by atoms with Crippen molar-refractivity contribution in [1.82, 2.24) is 24.7 Å². The van der Waals surface area contributed by atoms with Crippen molar-refractivity contribution in [1.29, 1.82) is 0 Å². The molecule has 3 aliphatic rings. The molecule has 2 aliphatic heterocycles. The minimum Gasteiger partial charge on any atom is -0.341 e. The van der Waals surface area contributed by atoms with Crippen LogP contribution < -0.4 is 9.80 Å². The molecule has 0 unspecified atom stereocenters. The smallest absolute Gasteiger partial charge is 0.227 e. The fourth-order valence-electron chi connectivity index (χ4n) is 4.70. The summed E-state index contributed by atoms with van der Waals surface area (Å²) in [6.45, 7) is 4.37. The van der Waals surface area contributed by atoms with Crippen LogP contribution in [-0.2, 0) is 0 Å². The highest BCUT2D eigenvalue weighted by Gasteiger charge is 2.38. The number of rotatable bonds is 3. The standard InChI is InChI=1S/C18H25N7/c1-2-14-17-22-20-12-24(17)15-11-19-18(23-9-5-6-10-23)21-16(15)25(14)13-7-3-4-8-13/h11-14H,2-10H2,1H3/t14-/m1/s1. The summed E-state index contributed by atoms with van der Waals surface area (Å²) in [5.41, 5.74) is 1.03. The van der Waals surface area contributed by atoms with Gasteiger partial charge in [0.15, 0.2) is 11.6 Å². The molecule has 0 aromatic carbocycles. The van der Waals surface area contributed by atoms with Crippen LogP contribution in [-0.4, -0.2) is 43.9 Å². The molecule has 1 aliphatic carbocycles. The number of anilines is 2. The van der Waals surface area contributed by atoms with E-state index in [1.54, 1.807) is 0 Å². The monoisotopic (exact) mass is 339 g/mol. The third kappa shape index (κ3) is 2.32. The number of fused-ring (bicyclic) bond motifs is 3. The van der Waals surface area contributed by atoms with E-state index < -0.39 is 0 Å². The lowest BCUT2D eigenvalue weighted by molar-refractivity contribution is 0.468. The van der Waals surface area contributed by atoms with E-state index >= 15 is 0 Å². The van der Waals surface area contributed by atoms with Crippen LogP contribution in [0, 0.1) is 0 Å². The van der Waals surface area contributed by atoms with Crippen LogP contribution in [0.2, 0.25) is 0 Å². The molecule has 2 aromatic heterocycles. The zero-order valence-corrected chi connectivity index (χ0v) is 14.8. The van der Waals surface area contributed by atoms with Crippen molar-refractivity contribution in [2.24, 2.45) is 0 Å². The molecule has 5 rings (SSSR count). The zero-order valence-electron chi connectivity index (χ0n) is 14.8. The van der Waals surface area contributed by atoms with Crippen LogP contribution in [0.25, 0.3) is 5.69 Å². The quantitative estimate of drug-likeness (QED) is 0.857. The second-order valence-electron chi connectivity index (χ2n) is 7.40. The van der Waals surface area contributed by atoms with E-state index in [1.807, 2.05) is 12.5 Å². The van der Waals surface area contributed by atoms with Gasteiger partial charge in [0, 0.05) is 19.1 Å². The van der Waals surface area contributed by atoms with Crippen molar-refractivity contribution in [3.05, 3.63) is 18.3 Å². The van der Waals surface area contributed by atoms with Gasteiger partial charge in [0.05, 0.1) is 12.2 Å². The van der Waals surface area contributed by atoms with Gasteiger partial charge in [-0.25, -0.2) is 4.98 Å². The summed E-state index contributed by atoms with van der Waals surface area (Å²) in [7, 11) is 0. The van der Waals surface area contributed by atoms with E-state index in [2.05, 4.69) is 36.5 Å². The van der Waals surface area contributed by atoms with E-state index in [1.165, 1.54) is 38.5 Å². The number of hydrogen-bond acceptors (Lipinski definition) is 6. The minimum atomic E-state index is 0.249. The Morgan fingerprint density at radius 3 is 2.68 bits per heavy atom. The number of aromatic nitrogens is 5. The van der Waals surface area contributed by atoms with Gasteiger partial charge in [-0.3, -0.25) is 4.57 Å². The minimum absolute atomic E-state index is 0.249. The van der Waals surface area contributed by atoms with Gasteiger partial charge in [-0.15, -0.1) is 10.2 Å². The number of nitrogens with zero attached hydrogens (tertiary/aromatic N) is 7. The fourth-order valence-corrected chi connectivity index (χ4v) is 4.70. The second kappa shape index (κ2) is 5.97. The Labute approximate surface area is 148 Å².